The van der Waals surface area contributed by atoms with Crippen molar-refractivity contribution in [2.75, 3.05) is 6.61 Å². The molecule has 152 valence electrons. The van der Waals surface area contributed by atoms with Crippen molar-refractivity contribution < 1.29 is 14.7 Å². The maximum absolute atomic E-state index is 12.9. The molecule has 2 rings (SSSR count). The zero-order valence-electron chi connectivity index (χ0n) is 17.4. The molecule has 3 N–H and O–H groups in total. The Kier molecular flexibility index (Phi) is 7.35. The number of benzene rings is 1. The van der Waals surface area contributed by atoms with Crippen molar-refractivity contribution in [3.63, 3.8) is 0 Å². The van der Waals surface area contributed by atoms with Crippen molar-refractivity contribution in [1.29, 1.82) is 0 Å². The lowest BCUT2D eigenvalue weighted by Gasteiger charge is -2.28. The lowest BCUT2D eigenvalue weighted by Crippen LogP contribution is -2.25. The average molecular weight is 403 g/mol. The summed E-state index contributed by atoms with van der Waals surface area (Å²) in [5.41, 5.74) is 12.2. The lowest BCUT2D eigenvalue weighted by molar-refractivity contribution is -0.116. The maximum atomic E-state index is 12.9. The first-order chi connectivity index (χ1) is 13.2. The van der Waals surface area contributed by atoms with Gasteiger partial charge in [0.25, 0.3) is 0 Å². The number of rotatable bonds is 7. The van der Waals surface area contributed by atoms with Gasteiger partial charge in [-0.3, -0.25) is 4.79 Å². The Hall–Kier alpha value is -2.21. The molecule has 0 bridgehead atoms. The number of ketones is 1. The van der Waals surface area contributed by atoms with Crippen LogP contribution in [0.4, 0.5) is 0 Å². The fourth-order valence-electron chi connectivity index (χ4n) is 4.17. The van der Waals surface area contributed by atoms with E-state index in [1.54, 1.807) is 0 Å². The van der Waals surface area contributed by atoms with Gasteiger partial charge in [-0.2, -0.15) is 0 Å². The summed E-state index contributed by atoms with van der Waals surface area (Å²) in [5.74, 6) is -0.0757. The molecule has 28 heavy (non-hydrogen) atoms. The van der Waals surface area contributed by atoms with Crippen molar-refractivity contribution in [3.8, 4) is 0 Å². The molecule has 1 aromatic carbocycles. The summed E-state index contributed by atoms with van der Waals surface area (Å²) in [5, 5.41) is 14.7. The number of aliphatic hydroxyl groups is 1. The third-order valence-corrected chi connectivity index (χ3v) is 5.46. The van der Waals surface area contributed by atoms with Crippen LogP contribution in [0.1, 0.15) is 66.8 Å². The molecule has 1 aliphatic rings. The second-order valence-corrected chi connectivity index (χ2v) is 7.85. The quantitative estimate of drug-likeness (QED) is 0.398. The van der Waals surface area contributed by atoms with Crippen molar-refractivity contribution in [2.45, 2.75) is 66.2 Å². The highest BCUT2D eigenvalue weighted by Gasteiger charge is 2.33. The van der Waals surface area contributed by atoms with E-state index in [0.717, 1.165) is 27.8 Å². The van der Waals surface area contributed by atoms with Crippen LogP contribution in [0.5, 0.6) is 0 Å². The number of aryl methyl sites for hydroxylation is 2. The molecule has 0 fully saturated rings. The molecule has 5 nitrogen and oxygen atoms in total. The Bertz CT molecular complexity index is 856. The summed E-state index contributed by atoms with van der Waals surface area (Å²) >= 11 is 5.11. The van der Waals surface area contributed by atoms with E-state index in [0.29, 0.717) is 48.6 Å². The monoisotopic (exact) mass is 402 g/mol. The molecule has 1 atom stereocenters. The Labute approximate surface area is 172 Å². The van der Waals surface area contributed by atoms with Gasteiger partial charge in [0, 0.05) is 19.3 Å². The highest BCUT2D eigenvalue weighted by molar-refractivity contribution is 7.80. The van der Waals surface area contributed by atoms with Crippen LogP contribution in [-0.4, -0.2) is 28.2 Å². The van der Waals surface area contributed by atoms with Gasteiger partial charge in [0.2, 0.25) is 0 Å². The molecule has 0 amide bonds. The minimum atomic E-state index is -0.0932. The minimum absolute atomic E-state index is 0.0767. The number of hydrogen-bond acceptors (Lipinski definition) is 5. The van der Waals surface area contributed by atoms with Gasteiger partial charge in [-0.05, 0) is 67.9 Å². The van der Waals surface area contributed by atoms with Gasteiger partial charge < -0.3 is 15.7 Å². The Morgan fingerprint density at radius 2 is 1.96 bits per heavy atom. The number of hydrogen-bond donors (Lipinski definition) is 2. The number of carbonyl (C=O) groups is 1. The smallest absolute Gasteiger partial charge is 0.168 e. The minimum Gasteiger partial charge on any atom is -0.511 e. The van der Waals surface area contributed by atoms with Crippen molar-refractivity contribution >= 4 is 28.7 Å². The molecule has 0 saturated carbocycles. The third kappa shape index (κ3) is 4.61. The van der Waals surface area contributed by atoms with Crippen LogP contribution in [0.15, 0.2) is 22.6 Å². The first-order valence-electron chi connectivity index (χ1n) is 9.73. The molecule has 0 radical (unpaired) electrons. The van der Waals surface area contributed by atoms with E-state index in [-0.39, 0.29) is 17.5 Å². The molecule has 6 heteroatoms. The van der Waals surface area contributed by atoms with Gasteiger partial charge in [-0.15, -0.1) is 0 Å². The summed E-state index contributed by atoms with van der Waals surface area (Å²) in [6.45, 7) is 10.3. The van der Waals surface area contributed by atoms with Crippen LogP contribution in [-0.2, 0) is 16.1 Å². The van der Waals surface area contributed by atoms with Crippen molar-refractivity contribution in [2.24, 2.45) is 10.9 Å². The summed E-state index contributed by atoms with van der Waals surface area (Å²) in [6.07, 6.45) is 1.80. The van der Waals surface area contributed by atoms with Gasteiger partial charge in [0.1, 0.15) is 12.4 Å². The van der Waals surface area contributed by atoms with E-state index < -0.39 is 0 Å². The van der Waals surface area contributed by atoms with E-state index in [1.165, 1.54) is 0 Å². The predicted molar refractivity (Wildman–Crippen MR) is 117 cm³/mol. The van der Waals surface area contributed by atoms with Crippen LogP contribution >= 0.6 is 12.2 Å². The molecule has 1 aromatic rings. The highest BCUT2D eigenvalue weighted by Crippen LogP contribution is 2.39. The fourth-order valence-corrected chi connectivity index (χ4v) is 4.32. The second kappa shape index (κ2) is 9.32. The van der Waals surface area contributed by atoms with E-state index in [9.17, 15) is 9.90 Å². The molecule has 0 aliphatic heterocycles. The molecule has 0 spiro atoms. The SMILES string of the molecule is CCON=C(CC)C1=C(O)CC(c2c(C)cc(C)c(CC(N)=S)c2C)CC1=O. The fraction of sp³-hybridized carbons (Fsp3) is 0.500. The standard InChI is InChI=1S/C22H30N2O3S/c1-6-17(24-27-7-2)22-18(25)9-15(10-19(22)26)21-13(4)8-12(3)16(14(21)5)11-20(23)28/h8,15,25H,6-7,9-11H2,1-5H3,(H2,23,28). The number of nitrogens with two attached hydrogens (primary N) is 1. The van der Waals surface area contributed by atoms with Crippen LogP contribution in [0.25, 0.3) is 0 Å². The second-order valence-electron chi connectivity index (χ2n) is 7.33. The highest BCUT2D eigenvalue weighted by atomic mass is 32.1. The molecule has 0 saturated heterocycles. The van der Waals surface area contributed by atoms with Crippen LogP contribution in [0, 0.1) is 20.8 Å². The predicted octanol–water partition coefficient (Wildman–Crippen LogP) is 4.50. The van der Waals surface area contributed by atoms with Crippen LogP contribution in [0.2, 0.25) is 0 Å². The molecule has 1 unspecified atom stereocenters. The first kappa shape index (κ1) is 22.1. The number of oxime groups is 1. The summed E-state index contributed by atoms with van der Waals surface area (Å²) in [6, 6.07) is 2.12. The molecule has 1 aliphatic carbocycles. The van der Waals surface area contributed by atoms with Crippen LogP contribution < -0.4 is 5.73 Å². The van der Waals surface area contributed by atoms with Crippen molar-refractivity contribution in [3.05, 3.63) is 45.2 Å². The van der Waals surface area contributed by atoms with Crippen molar-refractivity contribution in [1.82, 2.24) is 0 Å². The van der Waals surface area contributed by atoms with E-state index in [2.05, 4.69) is 32.0 Å². The Balaban J connectivity index is 2.47. The number of aliphatic hydroxyl groups excluding tert-OH is 1. The first-order valence-corrected chi connectivity index (χ1v) is 10.1. The zero-order chi connectivity index (χ0) is 21.0. The summed E-state index contributed by atoms with van der Waals surface area (Å²) in [4.78, 5) is 18.5. The molecular weight excluding hydrogens is 372 g/mol. The summed E-state index contributed by atoms with van der Waals surface area (Å²) < 4.78 is 0. The topological polar surface area (TPSA) is 84.9 Å². The molecular formula is C22H30N2O3S. The van der Waals surface area contributed by atoms with Gasteiger partial charge in [-0.1, -0.05) is 30.4 Å². The molecule has 0 aromatic heterocycles. The largest absolute Gasteiger partial charge is 0.511 e. The Morgan fingerprint density at radius 1 is 1.29 bits per heavy atom. The number of nitrogens with zero attached hydrogens (tertiary/aromatic N) is 1. The summed E-state index contributed by atoms with van der Waals surface area (Å²) in [7, 11) is 0. The van der Waals surface area contributed by atoms with Gasteiger partial charge in [0.15, 0.2) is 5.78 Å². The third-order valence-electron chi connectivity index (χ3n) is 5.32. The van der Waals surface area contributed by atoms with E-state index >= 15 is 0 Å². The number of carbonyl (C=O) groups excluding carboxylic acids is 1. The maximum Gasteiger partial charge on any atom is 0.168 e. The van der Waals surface area contributed by atoms with E-state index in [1.807, 2.05) is 13.8 Å². The van der Waals surface area contributed by atoms with Gasteiger partial charge >= 0.3 is 0 Å². The number of Topliss-reactive ketones (excluding diaryl/α,β-unsaturated/α-hetero) is 1. The molecule has 0 heterocycles. The van der Waals surface area contributed by atoms with E-state index in [4.69, 9.17) is 22.8 Å². The van der Waals surface area contributed by atoms with Gasteiger partial charge in [0.05, 0.1) is 16.3 Å². The Morgan fingerprint density at radius 3 is 2.50 bits per heavy atom. The van der Waals surface area contributed by atoms with Crippen LogP contribution in [0.3, 0.4) is 0 Å². The number of thiocarbonyl (C=S) groups is 1. The normalized spacial score (nSPS) is 17.8. The zero-order valence-corrected chi connectivity index (χ0v) is 18.2. The lowest BCUT2D eigenvalue weighted by atomic mass is 9.76. The van der Waals surface area contributed by atoms with Gasteiger partial charge in [-0.25, -0.2) is 0 Å². The number of allylic oxidation sites excluding steroid dienone is 2. The average Bonchev–Trinajstić information content (AvgIpc) is 2.60.